The Kier molecular flexibility index (Phi) is 13.4. The molecule has 0 saturated heterocycles. The van der Waals surface area contributed by atoms with E-state index in [0.29, 0.717) is 13.2 Å². The predicted molar refractivity (Wildman–Crippen MR) is 149 cm³/mol. The van der Waals surface area contributed by atoms with Crippen LogP contribution in [0.4, 0.5) is 0 Å². The lowest BCUT2D eigenvalue weighted by atomic mass is 9.83. The summed E-state index contributed by atoms with van der Waals surface area (Å²) in [5, 5.41) is 6.34. The Morgan fingerprint density at radius 3 is 1.69 bits per heavy atom. The van der Waals surface area contributed by atoms with Crippen molar-refractivity contribution in [1.82, 2.24) is 10.6 Å². The Bertz CT molecular complexity index is 788. The smallest absolute Gasteiger partial charge is 0.324 e. The second kappa shape index (κ2) is 15.7. The third-order valence-corrected chi connectivity index (χ3v) is 7.19. The van der Waals surface area contributed by atoms with Gasteiger partial charge in [-0.2, -0.15) is 0 Å². The number of hydrogen-bond acceptors (Lipinski definition) is 9. The number of aldehydes is 1. The lowest BCUT2D eigenvalue weighted by Crippen LogP contribution is -2.50. The molecule has 0 aromatic rings. The second-order valence-corrected chi connectivity index (χ2v) is 13.4. The normalized spacial score (nSPS) is 22.4. The summed E-state index contributed by atoms with van der Waals surface area (Å²) in [6.45, 7) is 12.4. The molecular weight excluding hydrogens is 500 g/mol. The molecule has 0 spiro atoms. The topological polar surface area (TPSA) is 120 Å². The maximum atomic E-state index is 12.9. The molecule has 2 aliphatic rings. The van der Waals surface area contributed by atoms with Crippen LogP contribution in [0.3, 0.4) is 0 Å². The largest absolute Gasteiger partial charge is 0.465 e. The Hall–Kier alpha value is -2.00. The molecule has 2 saturated carbocycles. The van der Waals surface area contributed by atoms with Gasteiger partial charge in [-0.3, -0.25) is 19.7 Å². The molecule has 39 heavy (non-hydrogen) atoms. The first kappa shape index (κ1) is 33.2. The zero-order valence-electron chi connectivity index (χ0n) is 25.0. The number of rotatable bonds is 13. The van der Waals surface area contributed by atoms with Crippen molar-refractivity contribution in [3.8, 4) is 0 Å². The van der Waals surface area contributed by atoms with Gasteiger partial charge in [0.1, 0.15) is 18.4 Å². The van der Waals surface area contributed by atoms with Crippen molar-refractivity contribution in [1.29, 1.82) is 0 Å². The van der Waals surface area contributed by atoms with Crippen LogP contribution in [0, 0.1) is 11.8 Å². The van der Waals surface area contributed by atoms with Crippen LogP contribution in [0.5, 0.6) is 0 Å². The highest BCUT2D eigenvalue weighted by atomic mass is 16.5. The highest BCUT2D eigenvalue weighted by Gasteiger charge is 2.31. The molecule has 224 valence electrons. The van der Waals surface area contributed by atoms with Gasteiger partial charge in [-0.25, -0.2) is 0 Å². The number of hydrogen-bond donors (Lipinski definition) is 2. The van der Waals surface area contributed by atoms with Gasteiger partial charge in [0, 0.05) is 11.1 Å². The number of carbonyl (C=O) groups is 4. The molecule has 0 radical (unpaired) electrons. The number of esters is 3. The number of nitrogens with one attached hydrogen (secondary N) is 2. The molecule has 0 aromatic carbocycles. The Balaban J connectivity index is 1.70. The van der Waals surface area contributed by atoms with Crippen LogP contribution < -0.4 is 10.6 Å². The summed E-state index contributed by atoms with van der Waals surface area (Å²) in [4.78, 5) is 49.0. The van der Waals surface area contributed by atoms with E-state index in [1.807, 2.05) is 41.5 Å². The molecule has 2 N–H and O–H groups in total. The zero-order valence-corrected chi connectivity index (χ0v) is 25.0. The standard InChI is InChI=1S/C30H52N2O7/c1-29(2,3)31-23(18-33)16-26(34)37-19-21-12-14-22(15-13-21)20-38-27(35)17-25(32-30(4,5)6)28(36)39-24-10-8-7-9-11-24/h18,21-25,31-32H,7-17,19-20H2,1-6H3. The van der Waals surface area contributed by atoms with Crippen LogP contribution in [-0.4, -0.2) is 66.7 Å². The third-order valence-electron chi connectivity index (χ3n) is 7.19. The van der Waals surface area contributed by atoms with Crippen LogP contribution in [-0.2, 0) is 33.4 Å². The predicted octanol–water partition coefficient (Wildman–Crippen LogP) is 4.25. The van der Waals surface area contributed by atoms with Crippen molar-refractivity contribution in [3.05, 3.63) is 0 Å². The van der Waals surface area contributed by atoms with Gasteiger partial charge >= 0.3 is 17.9 Å². The maximum Gasteiger partial charge on any atom is 0.324 e. The van der Waals surface area contributed by atoms with E-state index in [1.54, 1.807) is 0 Å². The summed E-state index contributed by atoms with van der Waals surface area (Å²) in [6, 6.07) is -1.29. The van der Waals surface area contributed by atoms with Crippen LogP contribution in [0.25, 0.3) is 0 Å². The van der Waals surface area contributed by atoms with Crippen molar-refractivity contribution >= 4 is 24.2 Å². The molecule has 9 nitrogen and oxygen atoms in total. The van der Waals surface area contributed by atoms with Gasteiger partial charge in [0.25, 0.3) is 0 Å². The average molecular weight is 553 g/mol. The van der Waals surface area contributed by atoms with Gasteiger partial charge < -0.3 is 24.3 Å². The van der Waals surface area contributed by atoms with Crippen molar-refractivity contribution in [2.45, 2.75) is 141 Å². The van der Waals surface area contributed by atoms with Crippen molar-refractivity contribution in [2.24, 2.45) is 11.8 Å². The summed E-state index contributed by atoms with van der Waals surface area (Å²) in [5.41, 5.74) is -0.619. The Morgan fingerprint density at radius 2 is 1.23 bits per heavy atom. The van der Waals surface area contributed by atoms with Crippen LogP contribution in [0.15, 0.2) is 0 Å². The molecule has 2 aliphatic carbocycles. The average Bonchev–Trinajstić information content (AvgIpc) is 2.85. The molecule has 0 aromatic heterocycles. The van der Waals surface area contributed by atoms with Crippen molar-refractivity contribution in [2.75, 3.05) is 13.2 Å². The van der Waals surface area contributed by atoms with Gasteiger partial charge in [-0.15, -0.1) is 0 Å². The fourth-order valence-electron chi connectivity index (χ4n) is 5.29. The number of ether oxygens (including phenoxy) is 3. The second-order valence-electron chi connectivity index (χ2n) is 13.4. The Labute approximate surface area is 234 Å². The van der Waals surface area contributed by atoms with Gasteiger partial charge in [0.15, 0.2) is 0 Å². The fraction of sp³-hybridized carbons (Fsp3) is 0.867. The minimum atomic E-state index is -0.734. The zero-order chi connectivity index (χ0) is 29.1. The highest BCUT2D eigenvalue weighted by molar-refractivity contribution is 5.83. The highest BCUT2D eigenvalue weighted by Crippen LogP contribution is 2.29. The minimum Gasteiger partial charge on any atom is -0.465 e. The molecule has 2 atom stereocenters. The molecule has 9 heteroatoms. The first-order valence-corrected chi connectivity index (χ1v) is 14.8. The fourth-order valence-corrected chi connectivity index (χ4v) is 5.29. The summed E-state index contributed by atoms with van der Waals surface area (Å²) < 4.78 is 16.8. The first-order chi connectivity index (χ1) is 18.2. The van der Waals surface area contributed by atoms with Gasteiger partial charge in [-0.1, -0.05) is 6.42 Å². The van der Waals surface area contributed by atoms with Crippen LogP contribution in [0.1, 0.15) is 112 Å². The first-order valence-electron chi connectivity index (χ1n) is 14.8. The van der Waals surface area contributed by atoms with Crippen molar-refractivity contribution < 1.29 is 33.4 Å². The monoisotopic (exact) mass is 552 g/mol. The molecular formula is C30H52N2O7. The third kappa shape index (κ3) is 14.3. The Morgan fingerprint density at radius 1 is 0.744 bits per heavy atom. The van der Waals surface area contributed by atoms with Crippen molar-refractivity contribution in [3.63, 3.8) is 0 Å². The lowest BCUT2D eigenvalue weighted by Gasteiger charge is -2.30. The summed E-state index contributed by atoms with van der Waals surface area (Å²) in [7, 11) is 0. The number of carbonyl (C=O) groups excluding carboxylic acids is 4. The molecule has 0 heterocycles. The summed E-state index contributed by atoms with van der Waals surface area (Å²) in [5.74, 6) is -0.638. The van der Waals surface area contributed by atoms with E-state index in [9.17, 15) is 19.2 Å². The van der Waals surface area contributed by atoms with E-state index in [4.69, 9.17) is 14.2 Å². The van der Waals surface area contributed by atoms with E-state index >= 15 is 0 Å². The van der Waals surface area contributed by atoms with E-state index in [1.165, 1.54) is 6.42 Å². The minimum absolute atomic E-state index is 0.0192. The van der Waals surface area contributed by atoms with Gasteiger partial charge in [-0.05, 0) is 105 Å². The van der Waals surface area contributed by atoms with E-state index in [2.05, 4.69) is 10.6 Å². The van der Waals surface area contributed by atoms with Gasteiger partial charge in [0.2, 0.25) is 0 Å². The van der Waals surface area contributed by atoms with E-state index < -0.39 is 18.1 Å². The SMILES string of the molecule is CC(C)(C)NC(C=O)CC(=O)OCC1CCC(COC(=O)CC(NC(C)(C)C)C(=O)OC2CCCCC2)CC1. The summed E-state index contributed by atoms with van der Waals surface area (Å²) in [6.07, 6.45) is 9.25. The molecule has 2 rings (SSSR count). The van der Waals surface area contributed by atoms with E-state index in [-0.39, 0.29) is 53.8 Å². The summed E-state index contributed by atoms with van der Waals surface area (Å²) >= 11 is 0. The van der Waals surface area contributed by atoms with E-state index in [0.717, 1.165) is 57.7 Å². The molecule has 2 unspecified atom stereocenters. The maximum absolute atomic E-state index is 12.9. The molecule has 0 aliphatic heterocycles. The van der Waals surface area contributed by atoms with Gasteiger partial charge in [0.05, 0.1) is 32.1 Å². The van der Waals surface area contributed by atoms with Crippen LogP contribution >= 0.6 is 0 Å². The lowest BCUT2D eigenvalue weighted by molar-refractivity contribution is -0.158. The molecule has 0 amide bonds. The molecule has 0 bridgehead atoms. The quantitative estimate of drug-likeness (QED) is 0.196. The molecule has 2 fully saturated rings. The van der Waals surface area contributed by atoms with Crippen LogP contribution in [0.2, 0.25) is 0 Å².